The summed E-state index contributed by atoms with van der Waals surface area (Å²) in [5.74, 6) is -0.549. The smallest absolute Gasteiger partial charge is 0.311 e. The molecule has 0 atom stereocenters. The highest BCUT2D eigenvalue weighted by molar-refractivity contribution is 7.13. The fourth-order valence-electron chi connectivity index (χ4n) is 1.52. The lowest BCUT2D eigenvalue weighted by Gasteiger charge is -1.99. The monoisotopic (exact) mass is 265 g/mol. The van der Waals surface area contributed by atoms with E-state index in [1.807, 2.05) is 5.38 Å². The Morgan fingerprint density at radius 3 is 2.94 bits per heavy atom. The molecule has 0 aliphatic carbocycles. The van der Waals surface area contributed by atoms with Gasteiger partial charge in [0.05, 0.1) is 19.2 Å². The Balaban J connectivity index is 2.23. The SMILES string of the molecule is COC(=O)Cc1csc(-c2ccc(F)c(C)c2)n1. The fourth-order valence-corrected chi connectivity index (χ4v) is 2.34. The van der Waals surface area contributed by atoms with Crippen LogP contribution in [0.1, 0.15) is 11.3 Å². The third-order valence-electron chi connectivity index (χ3n) is 2.51. The molecule has 18 heavy (non-hydrogen) atoms. The number of ether oxygens (including phenoxy) is 1. The summed E-state index contributed by atoms with van der Waals surface area (Å²) in [6.07, 6.45) is 0.160. The van der Waals surface area contributed by atoms with Gasteiger partial charge in [-0.15, -0.1) is 11.3 Å². The number of nitrogens with zero attached hydrogens (tertiary/aromatic N) is 1. The summed E-state index contributed by atoms with van der Waals surface area (Å²) in [7, 11) is 1.35. The van der Waals surface area contributed by atoms with E-state index >= 15 is 0 Å². The largest absolute Gasteiger partial charge is 0.469 e. The van der Waals surface area contributed by atoms with Crippen LogP contribution in [-0.4, -0.2) is 18.1 Å². The molecule has 3 nitrogen and oxygen atoms in total. The zero-order valence-electron chi connectivity index (χ0n) is 10.1. The average Bonchev–Trinajstić information content (AvgIpc) is 2.81. The van der Waals surface area contributed by atoms with E-state index in [0.717, 1.165) is 10.6 Å². The predicted molar refractivity (Wildman–Crippen MR) is 68.0 cm³/mol. The minimum absolute atomic E-state index is 0.160. The van der Waals surface area contributed by atoms with Crippen molar-refractivity contribution in [3.63, 3.8) is 0 Å². The first-order chi connectivity index (χ1) is 8.60. The zero-order valence-corrected chi connectivity index (χ0v) is 10.9. The van der Waals surface area contributed by atoms with Gasteiger partial charge in [0.15, 0.2) is 0 Å². The van der Waals surface area contributed by atoms with Gasteiger partial charge >= 0.3 is 5.97 Å². The maximum atomic E-state index is 13.2. The number of benzene rings is 1. The van der Waals surface area contributed by atoms with Crippen LogP contribution in [0.4, 0.5) is 4.39 Å². The van der Waals surface area contributed by atoms with Gasteiger partial charge in [0.25, 0.3) is 0 Å². The minimum atomic E-state index is -0.317. The van der Waals surface area contributed by atoms with Crippen molar-refractivity contribution in [1.82, 2.24) is 4.98 Å². The van der Waals surface area contributed by atoms with Crippen molar-refractivity contribution >= 4 is 17.3 Å². The summed E-state index contributed by atoms with van der Waals surface area (Å²) < 4.78 is 17.7. The summed E-state index contributed by atoms with van der Waals surface area (Å²) in [5, 5.41) is 2.59. The summed E-state index contributed by atoms with van der Waals surface area (Å²) in [6, 6.07) is 4.85. The maximum Gasteiger partial charge on any atom is 0.311 e. The normalized spacial score (nSPS) is 10.4. The summed E-state index contributed by atoms with van der Waals surface area (Å²) in [5.41, 5.74) is 2.11. The number of hydrogen-bond donors (Lipinski definition) is 0. The van der Waals surface area contributed by atoms with Crippen LogP contribution < -0.4 is 0 Å². The highest BCUT2D eigenvalue weighted by Gasteiger charge is 2.09. The Labute approximate surface area is 108 Å². The lowest BCUT2D eigenvalue weighted by molar-refractivity contribution is -0.139. The third-order valence-corrected chi connectivity index (χ3v) is 3.45. The van der Waals surface area contributed by atoms with Gasteiger partial charge in [-0.05, 0) is 30.7 Å². The number of methoxy groups -OCH3 is 1. The molecule has 1 aromatic carbocycles. The first kappa shape index (κ1) is 12.7. The molecule has 0 unspecified atom stereocenters. The Hall–Kier alpha value is -1.75. The molecule has 2 aromatic rings. The fraction of sp³-hybridized carbons (Fsp3) is 0.231. The molecule has 2 rings (SSSR count). The Bertz CT molecular complexity index is 580. The molecule has 0 spiro atoms. The minimum Gasteiger partial charge on any atom is -0.469 e. The van der Waals surface area contributed by atoms with Gasteiger partial charge in [-0.25, -0.2) is 9.37 Å². The molecule has 0 N–H and O–H groups in total. The van der Waals surface area contributed by atoms with Gasteiger partial charge in [-0.2, -0.15) is 0 Å². The van der Waals surface area contributed by atoms with Crippen molar-refractivity contribution in [3.05, 3.63) is 40.7 Å². The van der Waals surface area contributed by atoms with Crippen molar-refractivity contribution in [2.75, 3.05) is 7.11 Å². The van der Waals surface area contributed by atoms with E-state index in [9.17, 15) is 9.18 Å². The quantitative estimate of drug-likeness (QED) is 0.801. The number of thiazole rings is 1. The Morgan fingerprint density at radius 1 is 1.50 bits per heavy atom. The van der Waals surface area contributed by atoms with E-state index in [-0.39, 0.29) is 18.2 Å². The van der Waals surface area contributed by atoms with Crippen LogP contribution in [0.25, 0.3) is 10.6 Å². The van der Waals surface area contributed by atoms with E-state index in [0.29, 0.717) is 11.3 Å². The van der Waals surface area contributed by atoms with Crippen LogP contribution in [0.15, 0.2) is 23.6 Å². The number of halogens is 1. The van der Waals surface area contributed by atoms with Crippen molar-refractivity contribution in [1.29, 1.82) is 0 Å². The standard InChI is InChI=1S/C13H12FNO2S/c1-8-5-9(3-4-11(8)14)13-15-10(7-18-13)6-12(16)17-2/h3-5,7H,6H2,1-2H3. The number of esters is 1. The zero-order chi connectivity index (χ0) is 13.1. The summed E-state index contributed by atoms with van der Waals surface area (Å²) in [4.78, 5) is 15.5. The second kappa shape index (κ2) is 5.27. The van der Waals surface area contributed by atoms with Crippen LogP contribution in [0, 0.1) is 12.7 Å². The van der Waals surface area contributed by atoms with E-state index < -0.39 is 0 Å². The van der Waals surface area contributed by atoms with Crippen LogP contribution in [0.2, 0.25) is 0 Å². The number of aromatic nitrogens is 1. The van der Waals surface area contributed by atoms with Crippen LogP contribution in [0.3, 0.4) is 0 Å². The van der Waals surface area contributed by atoms with E-state index in [1.165, 1.54) is 24.5 Å². The van der Waals surface area contributed by atoms with Crippen molar-refractivity contribution < 1.29 is 13.9 Å². The van der Waals surface area contributed by atoms with E-state index in [1.54, 1.807) is 19.1 Å². The molecule has 1 heterocycles. The average molecular weight is 265 g/mol. The Kier molecular flexibility index (Phi) is 3.72. The van der Waals surface area contributed by atoms with Gasteiger partial charge in [0.2, 0.25) is 0 Å². The third kappa shape index (κ3) is 2.73. The van der Waals surface area contributed by atoms with Crippen LogP contribution in [-0.2, 0) is 16.0 Å². The molecule has 0 fully saturated rings. The number of hydrogen-bond acceptors (Lipinski definition) is 4. The van der Waals surface area contributed by atoms with Crippen LogP contribution in [0.5, 0.6) is 0 Å². The lowest BCUT2D eigenvalue weighted by Crippen LogP contribution is -2.04. The van der Waals surface area contributed by atoms with Crippen LogP contribution >= 0.6 is 11.3 Å². The van der Waals surface area contributed by atoms with Gasteiger partial charge in [-0.3, -0.25) is 4.79 Å². The lowest BCUT2D eigenvalue weighted by atomic mass is 10.1. The molecule has 0 bridgehead atoms. The number of carbonyl (C=O) groups excluding carboxylic acids is 1. The van der Waals surface area contributed by atoms with E-state index in [2.05, 4.69) is 9.72 Å². The highest BCUT2D eigenvalue weighted by Crippen LogP contribution is 2.25. The molecule has 0 aliphatic heterocycles. The second-order valence-electron chi connectivity index (χ2n) is 3.86. The van der Waals surface area contributed by atoms with Gasteiger partial charge < -0.3 is 4.74 Å². The molecule has 0 saturated heterocycles. The van der Waals surface area contributed by atoms with Crippen molar-refractivity contribution in [2.24, 2.45) is 0 Å². The van der Waals surface area contributed by atoms with Gasteiger partial charge in [0, 0.05) is 10.9 Å². The molecular weight excluding hydrogens is 253 g/mol. The summed E-state index contributed by atoms with van der Waals surface area (Å²) in [6.45, 7) is 1.71. The molecule has 0 saturated carbocycles. The number of rotatable bonds is 3. The predicted octanol–water partition coefficient (Wildman–Crippen LogP) is 2.97. The highest BCUT2D eigenvalue weighted by atomic mass is 32.1. The molecule has 5 heteroatoms. The number of carbonyl (C=O) groups is 1. The van der Waals surface area contributed by atoms with Crippen molar-refractivity contribution in [2.45, 2.75) is 13.3 Å². The molecule has 94 valence electrons. The molecular formula is C13H12FNO2S. The second-order valence-corrected chi connectivity index (χ2v) is 4.72. The first-order valence-electron chi connectivity index (χ1n) is 5.38. The maximum absolute atomic E-state index is 13.2. The Morgan fingerprint density at radius 2 is 2.28 bits per heavy atom. The van der Waals surface area contributed by atoms with Crippen molar-refractivity contribution in [3.8, 4) is 10.6 Å². The first-order valence-corrected chi connectivity index (χ1v) is 6.26. The molecule has 0 radical (unpaired) electrons. The molecule has 0 amide bonds. The van der Waals surface area contributed by atoms with Gasteiger partial charge in [0.1, 0.15) is 10.8 Å². The van der Waals surface area contributed by atoms with Gasteiger partial charge in [-0.1, -0.05) is 0 Å². The van der Waals surface area contributed by atoms with E-state index in [4.69, 9.17) is 0 Å². The number of aryl methyl sites for hydroxylation is 1. The molecule has 0 aliphatic rings. The summed E-state index contributed by atoms with van der Waals surface area (Å²) >= 11 is 1.43. The topological polar surface area (TPSA) is 39.2 Å². The molecule has 1 aromatic heterocycles.